The molecular weight excluding hydrogens is 218 g/mol. The van der Waals surface area contributed by atoms with E-state index in [1.165, 1.54) is 5.69 Å². The van der Waals surface area contributed by atoms with E-state index in [2.05, 4.69) is 40.0 Å². The van der Waals surface area contributed by atoms with Gasteiger partial charge in [0.15, 0.2) is 0 Å². The Bertz CT molecular complexity index is 452. The summed E-state index contributed by atoms with van der Waals surface area (Å²) in [7, 11) is 0. The number of imidazole rings is 1. The van der Waals surface area contributed by atoms with Crippen LogP contribution in [-0.2, 0) is 6.54 Å². The summed E-state index contributed by atoms with van der Waals surface area (Å²) in [6.45, 7) is 3.10. The average Bonchev–Trinajstić information content (AvgIpc) is 2.75. The summed E-state index contributed by atoms with van der Waals surface area (Å²) < 4.78 is 2.12. The van der Waals surface area contributed by atoms with E-state index >= 15 is 0 Å². The van der Waals surface area contributed by atoms with Gasteiger partial charge in [0.1, 0.15) is 5.65 Å². The maximum Gasteiger partial charge on any atom is 0.136 e. The highest BCUT2D eigenvalue weighted by molar-refractivity contribution is 7.98. The largest absolute Gasteiger partial charge is 0.308 e. The van der Waals surface area contributed by atoms with Gasteiger partial charge < -0.3 is 9.72 Å². The SMILES string of the molecule is CSCC(C)NCc1cccc2nccn12. The molecule has 0 aromatic carbocycles. The first-order valence-corrected chi connectivity index (χ1v) is 6.84. The second-order valence-corrected chi connectivity index (χ2v) is 4.82. The molecule has 2 rings (SSSR count). The van der Waals surface area contributed by atoms with Crippen LogP contribution in [0, 0.1) is 0 Å². The van der Waals surface area contributed by atoms with Crippen LogP contribution in [0.5, 0.6) is 0 Å². The first-order chi connectivity index (χ1) is 7.81. The lowest BCUT2D eigenvalue weighted by molar-refractivity contribution is 0.585. The Kier molecular flexibility index (Phi) is 3.85. The van der Waals surface area contributed by atoms with Crippen LogP contribution in [0.15, 0.2) is 30.6 Å². The third kappa shape index (κ3) is 2.57. The minimum absolute atomic E-state index is 0.536. The molecule has 0 saturated carbocycles. The summed E-state index contributed by atoms with van der Waals surface area (Å²) in [4.78, 5) is 4.27. The normalized spacial score (nSPS) is 13.1. The van der Waals surface area contributed by atoms with Crippen molar-refractivity contribution in [2.45, 2.75) is 19.5 Å². The van der Waals surface area contributed by atoms with Gasteiger partial charge in [0.25, 0.3) is 0 Å². The lowest BCUT2D eigenvalue weighted by Gasteiger charge is -2.13. The maximum atomic E-state index is 4.27. The molecule has 0 aliphatic heterocycles. The van der Waals surface area contributed by atoms with Crippen molar-refractivity contribution in [2.75, 3.05) is 12.0 Å². The Morgan fingerprint density at radius 2 is 2.38 bits per heavy atom. The van der Waals surface area contributed by atoms with Gasteiger partial charge in [-0.3, -0.25) is 0 Å². The number of hydrogen-bond acceptors (Lipinski definition) is 3. The van der Waals surface area contributed by atoms with Crippen LogP contribution in [0.3, 0.4) is 0 Å². The summed E-state index contributed by atoms with van der Waals surface area (Å²) in [6.07, 6.45) is 5.98. The molecule has 1 N–H and O–H groups in total. The first-order valence-electron chi connectivity index (χ1n) is 5.44. The highest BCUT2D eigenvalue weighted by Crippen LogP contribution is 2.06. The topological polar surface area (TPSA) is 29.3 Å². The quantitative estimate of drug-likeness (QED) is 0.861. The van der Waals surface area contributed by atoms with Crippen molar-refractivity contribution in [3.05, 3.63) is 36.3 Å². The monoisotopic (exact) mass is 235 g/mol. The van der Waals surface area contributed by atoms with Gasteiger partial charge in [0, 0.05) is 36.4 Å². The summed E-state index contributed by atoms with van der Waals surface area (Å²) in [6, 6.07) is 6.75. The van der Waals surface area contributed by atoms with Gasteiger partial charge in [0.05, 0.1) is 0 Å². The Morgan fingerprint density at radius 1 is 1.50 bits per heavy atom. The van der Waals surface area contributed by atoms with Crippen LogP contribution in [0.2, 0.25) is 0 Å². The van der Waals surface area contributed by atoms with Gasteiger partial charge in [-0.1, -0.05) is 6.07 Å². The fraction of sp³-hybridized carbons (Fsp3) is 0.417. The van der Waals surface area contributed by atoms with E-state index in [9.17, 15) is 0 Å². The fourth-order valence-electron chi connectivity index (χ4n) is 1.74. The molecule has 0 aliphatic rings. The highest BCUT2D eigenvalue weighted by Gasteiger charge is 2.03. The Labute approximate surface area is 100 Å². The van der Waals surface area contributed by atoms with Crippen LogP contribution >= 0.6 is 11.8 Å². The van der Waals surface area contributed by atoms with E-state index in [4.69, 9.17) is 0 Å². The van der Waals surface area contributed by atoms with E-state index < -0.39 is 0 Å². The van der Waals surface area contributed by atoms with Crippen molar-refractivity contribution in [3.63, 3.8) is 0 Å². The molecule has 4 heteroatoms. The van der Waals surface area contributed by atoms with Gasteiger partial charge in [-0.25, -0.2) is 4.98 Å². The molecule has 0 aliphatic carbocycles. The second kappa shape index (κ2) is 5.37. The van der Waals surface area contributed by atoms with E-state index in [0.717, 1.165) is 17.9 Å². The molecule has 1 atom stereocenters. The van der Waals surface area contributed by atoms with Crippen molar-refractivity contribution in [2.24, 2.45) is 0 Å². The van der Waals surface area contributed by atoms with Crippen LogP contribution in [0.25, 0.3) is 5.65 Å². The Hall–Kier alpha value is -1.00. The molecule has 3 nitrogen and oxygen atoms in total. The Balaban J connectivity index is 2.06. The van der Waals surface area contributed by atoms with E-state index in [1.54, 1.807) is 0 Å². The van der Waals surface area contributed by atoms with Crippen LogP contribution in [0.1, 0.15) is 12.6 Å². The summed E-state index contributed by atoms with van der Waals surface area (Å²) in [5, 5.41) is 3.51. The number of pyridine rings is 1. The van der Waals surface area contributed by atoms with Gasteiger partial charge in [-0.05, 0) is 25.3 Å². The third-order valence-corrected chi connectivity index (χ3v) is 3.39. The van der Waals surface area contributed by atoms with Gasteiger partial charge in [-0.15, -0.1) is 0 Å². The van der Waals surface area contributed by atoms with Gasteiger partial charge in [0.2, 0.25) is 0 Å². The van der Waals surface area contributed by atoms with Crippen molar-refractivity contribution < 1.29 is 0 Å². The van der Waals surface area contributed by atoms with Crippen LogP contribution in [0.4, 0.5) is 0 Å². The van der Waals surface area contributed by atoms with Crippen molar-refractivity contribution in [1.82, 2.24) is 14.7 Å². The minimum Gasteiger partial charge on any atom is -0.308 e. The molecular formula is C12H17N3S. The number of nitrogens with zero attached hydrogens (tertiary/aromatic N) is 2. The predicted molar refractivity (Wildman–Crippen MR) is 69.9 cm³/mol. The fourth-order valence-corrected chi connectivity index (χ4v) is 2.36. The minimum atomic E-state index is 0.536. The summed E-state index contributed by atoms with van der Waals surface area (Å²) in [5.74, 6) is 1.14. The zero-order valence-corrected chi connectivity index (χ0v) is 10.5. The summed E-state index contributed by atoms with van der Waals surface area (Å²) in [5.41, 5.74) is 2.26. The number of nitrogens with one attached hydrogen (secondary N) is 1. The van der Waals surface area contributed by atoms with E-state index in [1.807, 2.05) is 30.2 Å². The molecule has 0 radical (unpaired) electrons. The van der Waals surface area contributed by atoms with Crippen molar-refractivity contribution in [3.8, 4) is 0 Å². The predicted octanol–water partition coefficient (Wildman–Crippen LogP) is 2.18. The molecule has 2 aromatic heterocycles. The standard InChI is InChI=1S/C12H17N3S/c1-10(9-16-2)14-8-11-4-3-5-12-13-6-7-15(11)12/h3-7,10,14H,8-9H2,1-2H3. The molecule has 0 bridgehead atoms. The molecule has 1 unspecified atom stereocenters. The zero-order valence-electron chi connectivity index (χ0n) is 9.68. The Morgan fingerprint density at radius 3 is 3.19 bits per heavy atom. The summed E-state index contributed by atoms with van der Waals surface area (Å²) >= 11 is 1.87. The average molecular weight is 235 g/mol. The van der Waals surface area contributed by atoms with Crippen LogP contribution in [-0.4, -0.2) is 27.4 Å². The second-order valence-electron chi connectivity index (χ2n) is 3.91. The third-order valence-electron chi connectivity index (χ3n) is 2.56. The molecule has 2 heterocycles. The van der Waals surface area contributed by atoms with Crippen LogP contribution < -0.4 is 5.32 Å². The molecule has 0 amide bonds. The highest BCUT2D eigenvalue weighted by atomic mass is 32.2. The van der Waals surface area contributed by atoms with E-state index in [-0.39, 0.29) is 0 Å². The molecule has 0 saturated heterocycles. The number of hydrogen-bond donors (Lipinski definition) is 1. The smallest absolute Gasteiger partial charge is 0.136 e. The maximum absolute atomic E-state index is 4.27. The lowest BCUT2D eigenvalue weighted by Crippen LogP contribution is -2.28. The molecule has 86 valence electrons. The van der Waals surface area contributed by atoms with Crippen molar-refractivity contribution in [1.29, 1.82) is 0 Å². The lowest BCUT2D eigenvalue weighted by atomic mass is 10.3. The molecule has 0 spiro atoms. The van der Waals surface area contributed by atoms with Gasteiger partial charge >= 0.3 is 0 Å². The molecule has 16 heavy (non-hydrogen) atoms. The number of rotatable bonds is 5. The van der Waals surface area contributed by atoms with E-state index in [0.29, 0.717) is 6.04 Å². The molecule has 0 fully saturated rings. The number of thioether (sulfide) groups is 1. The van der Waals surface area contributed by atoms with Crippen molar-refractivity contribution >= 4 is 17.4 Å². The van der Waals surface area contributed by atoms with Gasteiger partial charge in [-0.2, -0.15) is 11.8 Å². The zero-order chi connectivity index (χ0) is 11.4. The molecule has 2 aromatic rings. The number of aromatic nitrogens is 2. The first kappa shape index (κ1) is 11.5. The number of fused-ring (bicyclic) bond motifs is 1.